The van der Waals surface area contributed by atoms with E-state index in [2.05, 4.69) is 10.1 Å². The number of halogens is 2. The molecule has 0 saturated heterocycles. The van der Waals surface area contributed by atoms with Crippen LogP contribution in [0.3, 0.4) is 0 Å². The Morgan fingerprint density at radius 2 is 2.25 bits per heavy atom. The van der Waals surface area contributed by atoms with E-state index >= 15 is 0 Å². The fourth-order valence-electron chi connectivity index (χ4n) is 1.30. The fourth-order valence-corrected chi connectivity index (χ4v) is 1.46. The van der Waals surface area contributed by atoms with Gasteiger partial charge in [-0.2, -0.15) is 5.10 Å². The van der Waals surface area contributed by atoms with Crippen LogP contribution in [-0.4, -0.2) is 20.7 Å². The van der Waals surface area contributed by atoms with Gasteiger partial charge in [0.2, 0.25) is 0 Å². The summed E-state index contributed by atoms with van der Waals surface area (Å²) in [7, 11) is 0. The van der Waals surface area contributed by atoms with E-state index < -0.39 is 11.7 Å². The SMILES string of the molecule is NC(=O)c1c(-n2cncn2)ccc(Cl)c1F. The summed E-state index contributed by atoms with van der Waals surface area (Å²) in [6, 6.07) is 2.76. The van der Waals surface area contributed by atoms with Crippen LogP contribution < -0.4 is 5.73 Å². The molecule has 1 heterocycles. The van der Waals surface area contributed by atoms with Crippen LogP contribution in [0.1, 0.15) is 10.4 Å². The largest absolute Gasteiger partial charge is 0.365 e. The maximum Gasteiger partial charge on any atom is 0.253 e. The average molecular weight is 241 g/mol. The number of hydrogen-bond acceptors (Lipinski definition) is 3. The third-order valence-corrected chi connectivity index (χ3v) is 2.28. The lowest BCUT2D eigenvalue weighted by atomic mass is 10.1. The van der Waals surface area contributed by atoms with Crippen LogP contribution in [0, 0.1) is 5.82 Å². The first-order valence-electron chi connectivity index (χ1n) is 4.24. The van der Waals surface area contributed by atoms with Gasteiger partial charge in [-0.25, -0.2) is 14.1 Å². The molecule has 0 aliphatic carbocycles. The molecule has 2 N–H and O–H groups in total. The zero-order valence-electron chi connectivity index (χ0n) is 7.89. The maximum atomic E-state index is 13.6. The first-order valence-corrected chi connectivity index (χ1v) is 4.62. The van der Waals surface area contributed by atoms with Gasteiger partial charge in [-0.1, -0.05) is 11.6 Å². The quantitative estimate of drug-likeness (QED) is 0.856. The molecule has 7 heteroatoms. The number of hydrogen-bond donors (Lipinski definition) is 1. The molecule has 0 fully saturated rings. The van der Waals surface area contributed by atoms with Gasteiger partial charge in [-0.3, -0.25) is 4.79 Å². The van der Waals surface area contributed by atoms with Gasteiger partial charge in [0.1, 0.15) is 18.2 Å². The molecule has 1 amide bonds. The first-order chi connectivity index (χ1) is 7.61. The van der Waals surface area contributed by atoms with E-state index in [1.807, 2.05) is 0 Å². The summed E-state index contributed by atoms with van der Waals surface area (Å²) in [4.78, 5) is 14.8. The van der Waals surface area contributed by atoms with Gasteiger partial charge in [0.25, 0.3) is 5.91 Å². The molecule has 82 valence electrons. The zero-order chi connectivity index (χ0) is 11.7. The molecule has 2 rings (SSSR count). The van der Waals surface area contributed by atoms with Gasteiger partial charge in [0, 0.05) is 0 Å². The topological polar surface area (TPSA) is 73.8 Å². The molecule has 0 radical (unpaired) electrons. The van der Waals surface area contributed by atoms with Gasteiger partial charge in [0.05, 0.1) is 10.7 Å². The molecular weight excluding hydrogens is 235 g/mol. The van der Waals surface area contributed by atoms with Crippen molar-refractivity contribution in [2.24, 2.45) is 5.73 Å². The summed E-state index contributed by atoms with van der Waals surface area (Å²) in [5, 5.41) is 3.62. The third-order valence-electron chi connectivity index (χ3n) is 1.98. The molecule has 2 aromatic rings. The van der Waals surface area contributed by atoms with Crippen LogP contribution in [0.5, 0.6) is 0 Å². The Labute approximate surface area is 94.7 Å². The normalized spacial score (nSPS) is 10.4. The van der Waals surface area contributed by atoms with Gasteiger partial charge in [0.15, 0.2) is 5.82 Å². The van der Waals surface area contributed by atoms with Crippen molar-refractivity contribution in [3.63, 3.8) is 0 Å². The number of rotatable bonds is 2. The molecule has 0 aliphatic heterocycles. The highest BCUT2D eigenvalue weighted by atomic mass is 35.5. The van der Waals surface area contributed by atoms with E-state index in [0.29, 0.717) is 0 Å². The second-order valence-electron chi connectivity index (χ2n) is 2.96. The van der Waals surface area contributed by atoms with Crippen LogP contribution >= 0.6 is 11.6 Å². The number of amides is 1. The Bertz CT molecular complexity index is 541. The first kappa shape index (κ1) is 10.6. The van der Waals surface area contributed by atoms with E-state index in [-0.39, 0.29) is 16.3 Å². The second-order valence-corrected chi connectivity index (χ2v) is 3.37. The molecule has 0 saturated carbocycles. The van der Waals surface area contributed by atoms with Crippen molar-refractivity contribution >= 4 is 17.5 Å². The van der Waals surface area contributed by atoms with Crippen LogP contribution in [0.25, 0.3) is 5.69 Å². The van der Waals surface area contributed by atoms with E-state index in [9.17, 15) is 9.18 Å². The smallest absolute Gasteiger partial charge is 0.253 e. The van der Waals surface area contributed by atoms with Gasteiger partial charge in [-0.05, 0) is 12.1 Å². The van der Waals surface area contributed by atoms with Gasteiger partial charge >= 0.3 is 0 Å². The highest BCUT2D eigenvalue weighted by Crippen LogP contribution is 2.23. The lowest BCUT2D eigenvalue weighted by Crippen LogP contribution is -2.17. The summed E-state index contributed by atoms with van der Waals surface area (Å²) >= 11 is 5.56. The Morgan fingerprint density at radius 1 is 1.50 bits per heavy atom. The standard InChI is InChI=1S/C9H6ClFN4O/c10-5-1-2-6(15-4-13-3-14-15)7(8(5)11)9(12)16/h1-4H,(H2,12,16). The third kappa shape index (κ3) is 1.63. The summed E-state index contributed by atoms with van der Waals surface area (Å²) in [6.07, 6.45) is 2.59. The molecule has 1 aromatic heterocycles. The minimum Gasteiger partial charge on any atom is -0.365 e. The predicted octanol–water partition coefficient (Wildman–Crippen LogP) is 1.16. The van der Waals surface area contributed by atoms with Crippen molar-refractivity contribution in [1.29, 1.82) is 0 Å². The molecule has 0 bridgehead atoms. The van der Waals surface area contributed by atoms with E-state index in [1.165, 1.54) is 29.5 Å². The molecule has 1 aromatic carbocycles. The van der Waals surface area contributed by atoms with E-state index in [4.69, 9.17) is 17.3 Å². The summed E-state index contributed by atoms with van der Waals surface area (Å²) in [5.41, 5.74) is 4.98. The number of benzene rings is 1. The summed E-state index contributed by atoms with van der Waals surface area (Å²) < 4.78 is 14.8. The molecule has 0 spiro atoms. The van der Waals surface area contributed by atoms with Crippen LogP contribution in [-0.2, 0) is 0 Å². The molecule has 0 unspecified atom stereocenters. The molecule has 16 heavy (non-hydrogen) atoms. The highest BCUT2D eigenvalue weighted by Gasteiger charge is 2.18. The summed E-state index contributed by atoms with van der Waals surface area (Å²) in [5.74, 6) is -1.77. The van der Waals surface area contributed by atoms with Gasteiger partial charge < -0.3 is 5.73 Å². The number of primary amides is 1. The Morgan fingerprint density at radius 3 is 2.81 bits per heavy atom. The number of carbonyl (C=O) groups excluding carboxylic acids is 1. The predicted molar refractivity (Wildman–Crippen MR) is 54.8 cm³/mol. The molecule has 0 atom stereocenters. The number of carbonyl (C=O) groups is 1. The summed E-state index contributed by atoms with van der Waals surface area (Å²) in [6.45, 7) is 0. The lowest BCUT2D eigenvalue weighted by molar-refractivity contribution is 0.0996. The Kier molecular flexibility index (Phi) is 2.57. The Hall–Kier alpha value is -1.95. The zero-order valence-corrected chi connectivity index (χ0v) is 8.65. The number of nitrogens with two attached hydrogens (primary N) is 1. The van der Waals surface area contributed by atoms with Crippen molar-refractivity contribution < 1.29 is 9.18 Å². The Balaban J connectivity index is 2.71. The van der Waals surface area contributed by atoms with Crippen LogP contribution in [0.2, 0.25) is 5.02 Å². The highest BCUT2D eigenvalue weighted by molar-refractivity contribution is 6.31. The number of nitrogens with zero attached hydrogens (tertiary/aromatic N) is 3. The lowest BCUT2D eigenvalue weighted by Gasteiger charge is -2.07. The second kappa shape index (κ2) is 3.90. The minimum atomic E-state index is -0.912. The number of aromatic nitrogens is 3. The van der Waals surface area contributed by atoms with Crippen molar-refractivity contribution in [3.05, 3.63) is 41.2 Å². The average Bonchev–Trinajstić information content (AvgIpc) is 2.74. The van der Waals surface area contributed by atoms with Crippen molar-refractivity contribution in [2.45, 2.75) is 0 Å². The fraction of sp³-hybridized carbons (Fsp3) is 0. The molecular formula is C9H6ClFN4O. The van der Waals surface area contributed by atoms with E-state index in [1.54, 1.807) is 0 Å². The van der Waals surface area contributed by atoms with Crippen LogP contribution in [0.15, 0.2) is 24.8 Å². The van der Waals surface area contributed by atoms with Crippen LogP contribution in [0.4, 0.5) is 4.39 Å². The monoisotopic (exact) mass is 240 g/mol. The molecule has 0 aliphatic rings. The van der Waals surface area contributed by atoms with Crippen molar-refractivity contribution in [1.82, 2.24) is 14.8 Å². The molecule has 5 nitrogen and oxygen atoms in total. The minimum absolute atomic E-state index is 0.169. The van der Waals surface area contributed by atoms with E-state index in [0.717, 1.165) is 0 Å². The van der Waals surface area contributed by atoms with Crippen molar-refractivity contribution in [2.75, 3.05) is 0 Å². The van der Waals surface area contributed by atoms with Crippen molar-refractivity contribution in [3.8, 4) is 5.69 Å². The maximum absolute atomic E-state index is 13.6. The van der Waals surface area contributed by atoms with Gasteiger partial charge in [-0.15, -0.1) is 0 Å².